The van der Waals surface area contributed by atoms with E-state index < -0.39 is 23.6 Å². The number of nitriles is 1. The molecule has 0 saturated heterocycles. The minimum atomic E-state index is -0.877. The average Bonchev–Trinajstić information content (AvgIpc) is 2.22. The van der Waals surface area contributed by atoms with Crippen molar-refractivity contribution in [2.75, 3.05) is 5.32 Å². The fourth-order valence-electron chi connectivity index (χ4n) is 1.37. The Morgan fingerprint density at radius 1 is 1.53 bits per heavy atom. The number of amides is 1. The Bertz CT molecular complexity index is 459. The summed E-state index contributed by atoms with van der Waals surface area (Å²) < 4.78 is 26.9. The predicted octanol–water partition coefficient (Wildman–Crippen LogP) is 1.51. The average molecular weight is 239 g/mol. The number of hydrogen-bond acceptors (Lipinski definition) is 3. The largest absolute Gasteiger partial charge is 0.377 e. The lowest BCUT2D eigenvalue weighted by Crippen LogP contribution is -2.25. The van der Waals surface area contributed by atoms with Gasteiger partial charge in [0.05, 0.1) is 11.6 Å². The molecule has 0 aliphatic carbocycles. The van der Waals surface area contributed by atoms with Crippen molar-refractivity contribution in [2.45, 2.75) is 19.4 Å². The normalized spacial score (nSPS) is 11.6. The van der Waals surface area contributed by atoms with E-state index in [9.17, 15) is 13.6 Å². The number of carbonyl (C=O) groups is 1. The molecule has 0 aliphatic heterocycles. The van der Waals surface area contributed by atoms with E-state index in [2.05, 4.69) is 5.32 Å². The molecule has 0 fully saturated rings. The van der Waals surface area contributed by atoms with Crippen LogP contribution in [0.2, 0.25) is 0 Å². The summed E-state index contributed by atoms with van der Waals surface area (Å²) in [5.41, 5.74) is 4.49. The molecule has 0 bridgehead atoms. The molecule has 1 aromatic carbocycles. The number of benzene rings is 1. The van der Waals surface area contributed by atoms with E-state index in [1.807, 2.05) is 0 Å². The third-order valence-electron chi connectivity index (χ3n) is 2.07. The quantitative estimate of drug-likeness (QED) is 0.835. The van der Waals surface area contributed by atoms with Gasteiger partial charge in [0.1, 0.15) is 5.69 Å². The van der Waals surface area contributed by atoms with Crippen LogP contribution in [0, 0.1) is 23.0 Å². The topological polar surface area (TPSA) is 78.9 Å². The summed E-state index contributed by atoms with van der Waals surface area (Å²) in [5.74, 6) is -2.32. The molecule has 0 heterocycles. The van der Waals surface area contributed by atoms with Crippen LogP contribution in [-0.4, -0.2) is 11.9 Å². The van der Waals surface area contributed by atoms with Crippen LogP contribution in [0.15, 0.2) is 12.1 Å². The molecule has 6 heteroatoms. The molecule has 0 aliphatic rings. The first kappa shape index (κ1) is 12.9. The lowest BCUT2D eigenvalue weighted by Gasteiger charge is -2.14. The van der Waals surface area contributed by atoms with Crippen molar-refractivity contribution < 1.29 is 13.6 Å². The van der Waals surface area contributed by atoms with E-state index >= 15 is 0 Å². The highest BCUT2D eigenvalue weighted by Crippen LogP contribution is 2.21. The van der Waals surface area contributed by atoms with Gasteiger partial charge in [0.2, 0.25) is 5.91 Å². The summed E-state index contributed by atoms with van der Waals surface area (Å²) in [7, 11) is 0. The van der Waals surface area contributed by atoms with Crippen LogP contribution >= 0.6 is 0 Å². The summed E-state index contributed by atoms with van der Waals surface area (Å²) >= 11 is 0. The Labute approximate surface area is 97.0 Å². The number of rotatable bonds is 4. The molecule has 1 amide bonds. The number of nitrogens with zero attached hydrogens (tertiary/aromatic N) is 1. The molecule has 1 rings (SSSR count). The lowest BCUT2D eigenvalue weighted by atomic mass is 10.1. The molecular weight excluding hydrogens is 228 g/mol. The van der Waals surface area contributed by atoms with Gasteiger partial charge in [0, 0.05) is 12.5 Å². The van der Waals surface area contributed by atoms with Crippen LogP contribution in [0.4, 0.5) is 14.5 Å². The summed E-state index contributed by atoms with van der Waals surface area (Å²) in [4.78, 5) is 10.6. The van der Waals surface area contributed by atoms with Gasteiger partial charge in [-0.2, -0.15) is 5.26 Å². The number of nitrogens with one attached hydrogen (secondary N) is 1. The number of primary amides is 1. The zero-order valence-corrected chi connectivity index (χ0v) is 9.13. The molecule has 1 aromatic rings. The summed E-state index contributed by atoms with van der Waals surface area (Å²) in [6.07, 6.45) is -0.0428. The molecule has 1 atom stereocenters. The Kier molecular flexibility index (Phi) is 3.99. The Balaban J connectivity index is 2.92. The second-order valence-corrected chi connectivity index (χ2v) is 3.64. The van der Waals surface area contributed by atoms with Crippen LogP contribution in [0.3, 0.4) is 0 Å². The van der Waals surface area contributed by atoms with Gasteiger partial charge in [-0.25, -0.2) is 8.78 Å². The van der Waals surface area contributed by atoms with Crippen LogP contribution in [-0.2, 0) is 4.79 Å². The van der Waals surface area contributed by atoms with Crippen LogP contribution < -0.4 is 11.1 Å². The van der Waals surface area contributed by atoms with E-state index in [0.29, 0.717) is 0 Å². The van der Waals surface area contributed by atoms with Crippen LogP contribution in [0.5, 0.6) is 0 Å². The zero-order chi connectivity index (χ0) is 13.0. The summed E-state index contributed by atoms with van der Waals surface area (Å²) in [5, 5.41) is 11.0. The third-order valence-corrected chi connectivity index (χ3v) is 2.07. The maximum atomic E-state index is 13.4. The van der Waals surface area contributed by atoms with Crippen molar-refractivity contribution in [3.05, 3.63) is 29.3 Å². The number of hydrogen-bond donors (Lipinski definition) is 2. The Morgan fingerprint density at radius 3 is 2.47 bits per heavy atom. The monoisotopic (exact) mass is 239 g/mol. The van der Waals surface area contributed by atoms with Gasteiger partial charge in [0.25, 0.3) is 0 Å². The van der Waals surface area contributed by atoms with E-state index in [1.54, 1.807) is 13.0 Å². The van der Waals surface area contributed by atoms with Crippen LogP contribution in [0.25, 0.3) is 0 Å². The fourth-order valence-corrected chi connectivity index (χ4v) is 1.37. The Morgan fingerprint density at radius 2 is 2.06 bits per heavy atom. The van der Waals surface area contributed by atoms with Crippen molar-refractivity contribution in [1.29, 1.82) is 5.26 Å². The maximum Gasteiger partial charge on any atom is 0.219 e. The first-order valence-electron chi connectivity index (χ1n) is 4.88. The molecule has 17 heavy (non-hydrogen) atoms. The minimum absolute atomic E-state index is 0.0428. The molecular formula is C11H11F2N3O. The smallest absolute Gasteiger partial charge is 0.219 e. The van der Waals surface area contributed by atoms with Gasteiger partial charge < -0.3 is 11.1 Å². The molecule has 3 N–H and O–H groups in total. The third kappa shape index (κ3) is 3.41. The predicted molar refractivity (Wildman–Crippen MR) is 58.0 cm³/mol. The maximum absolute atomic E-state index is 13.4. The molecule has 0 saturated carbocycles. The first-order chi connectivity index (χ1) is 7.93. The van der Waals surface area contributed by atoms with Crippen molar-refractivity contribution in [1.82, 2.24) is 0 Å². The standard InChI is InChI=1S/C11H11F2N3O/c1-6(2-10(15)17)16-11-8(12)3-7(5-14)4-9(11)13/h3-4,6,16H,2H2,1H3,(H2,15,17). The second kappa shape index (κ2) is 5.25. The van der Waals surface area contributed by atoms with Gasteiger partial charge in [-0.1, -0.05) is 0 Å². The van der Waals surface area contributed by atoms with Gasteiger partial charge in [0.15, 0.2) is 11.6 Å². The SMILES string of the molecule is CC(CC(N)=O)Nc1c(F)cc(C#N)cc1F. The van der Waals surface area contributed by atoms with Gasteiger partial charge in [-0.05, 0) is 19.1 Å². The number of anilines is 1. The highest BCUT2D eigenvalue weighted by atomic mass is 19.1. The summed E-state index contributed by atoms with van der Waals surface area (Å²) in [6, 6.07) is 2.98. The Hall–Kier alpha value is -2.16. The molecule has 4 nitrogen and oxygen atoms in total. The van der Waals surface area contributed by atoms with Crippen molar-refractivity contribution in [3.8, 4) is 6.07 Å². The molecule has 0 spiro atoms. The van der Waals surface area contributed by atoms with Crippen molar-refractivity contribution in [2.24, 2.45) is 5.73 Å². The lowest BCUT2D eigenvalue weighted by molar-refractivity contribution is -0.118. The highest BCUT2D eigenvalue weighted by Gasteiger charge is 2.14. The van der Waals surface area contributed by atoms with Crippen LogP contribution in [0.1, 0.15) is 18.9 Å². The van der Waals surface area contributed by atoms with E-state index in [-0.39, 0.29) is 17.7 Å². The number of halogens is 2. The molecule has 0 aromatic heterocycles. The fraction of sp³-hybridized carbons (Fsp3) is 0.273. The zero-order valence-electron chi connectivity index (χ0n) is 9.13. The van der Waals surface area contributed by atoms with E-state index in [0.717, 1.165) is 12.1 Å². The highest BCUT2D eigenvalue weighted by molar-refractivity contribution is 5.75. The van der Waals surface area contributed by atoms with E-state index in [4.69, 9.17) is 11.0 Å². The van der Waals surface area contributed by atoms with E-state index in [1.165, 1.54) is 0 Å². The van der Waals surface area contributed by atoms with Gasteiger partial charge in [-0.3, -0.25) is 4.79 Å². The molecule has 1 unspecified atom stereocenters. The van der Waals surface area contributed by atoms with Crippen molar-refractivity contribution >= 4 is 11.6 Å². The van der Waals surface area contributed by atoms with Crippen molar-refractivity contribution in [3.63, 3.8) is 0 Å². The number of carbonyl (C=O) groups excluding carboxylic acids is 1. The molecule has 0 radical (unpaired) electrons. The number of nitrogens with two attached hydrogens (primary N) is 1. The first-order valence-corrected chi connectivity index (χ1v) is 4.88. The summed E-state index contributed by atoms with van der Waals surface area (Å²) in [6.45, 7) is 1.57. The van der Waals surface area contributed by atoms with Gasteiger partial charge in [-0.15, -0.1) is 0 Å². The second-order valence-electron chi connectivity index (χ2n) is 3.64. The molecule has 90 valence electrons. The van der Waals surface area contributed by atoms with Gasteiger partial charge >= 0.3 is 0 Å². The minimum Gasteiger partial charge on any atom is -0.377 e.